The number of nitrogens with zero attached hydrogens (tertiary/aromatic N) is 2. The fourth-order valence-electron chi connectivity index (χ4n) is 4.25. The molecule has 1 aliphatic heterocycles. The van der Waals surface area contributed by atoms with Crippen molar-refractivity contribution in [3.05, 3.63) is 71.5 Å². The van der Waals surface area contributed by atoms with Gasteiger partial charge in [0.25, 0.3) is 5.91 Å². The summed E-state index contributed by atoms with van der Waals surface area (Å²) in [5.74, 6) is -0.951. The first-order chi connectivity index (χ1) is 13.8. The van der Waals surface area contributed by atoms with Crippen LogP contribution in [0.15, 0.2) is 54.6 Å². The molecule has 2 aromatic carbocycles. The average Bonchev–Trinajstić information content (AvgIpc) is 2.67. The van der Waals surface area contributed by atoms with Crippen LogP contribution in [0.25, 0.3) is 0 Å². The Bertz CT molecular complexity index is 871. The third-order valence-corrected chi connectivity index (χ3v) is 5.62. The number of likely N-dealkylation sites (tertiary alicyclic amines) is 1. The first-order valence-corrected chi connectivity index (χ1v) is 9.86. The number of benzene rings is 2. The second-order valence-electron chi connectivity index (χ2n) is 7.74. The molecule has 1 N–H and O–H groups in total. The zero-order chi connectivity index (χ0) is 21.1. The van der Waals surface area contributed by atoms with Crippen LogP contribution in [0.4, 0.5) is 4.39 Å². The van der Waals surface area contributed by atoms with Crippen molar-refractivity contribution >= 4 is 11.8 Å². The Kier molecular flexibility index (Phi) is 6.33. The molecule has 3 rings (SSSR count). The lowest BCUT2D eigenvalue weighted by molar-refractivity contribution is -0.149. The summed E-state index contributed by atoms with van der Waals surface area (Å²) in [7, 11) is 0. The van der Waals surface area contributed by atoms with Gasteiger partial charge in [0.05, 0.1) is 18.7 Å². The molecule has 0 aliphatic carbocycles. The number of aliphatic hydroxyl groups excluding tert-OH is 1. The van der Waals surface area contributed by atoms with Crippen molar-refractivity contribution in [1.29, 1.82) is 0 Å². The van der Waals surface area contributed by atoms with Gasteiger partial charge in [0.15, 0.2) is 0 Å². The third-order valence-electron chi connectivity index (χ3n) is 5.62. The zero-order valence-electron chi connectivity index (χ0n) is 17.0. The molecular formula is C23H27FN2O3. The van der Waals surface area contributed by atoms with E-state index in [0.29, 0.717) is 6.54 Å². The van der Waals surface area contributed by atoms with Crippen LogP contribution in [0, 0.1) is 5.82 Å². The van der Waals surface area contributed by atoms with Crippen LogP contribution in [0.1, 0.15) is 42.6 Å². The minimum Gasteiger partial charge on any atom is -0.394 e. The number of hydrogen-bond donors (Lipinski definition) is 1. The monoisotopic (exact) mass is 398 g/mol. The maximum absolute atomic E-state index is 13.6. The average molecular weight is 398 g/mol. The largest absolute Gasteiger partial charge is 0.394 e. The van der Waals surface area contributed by atoms with Crippen molar-refractivity contribution in [3.63, 3.8) is 0 Å². The lowest BCUT2D eigenvalue weighted by Gasteiger charge is -2.56. The normalized spacial score (nSPS) is 21.0. The van der Waals surface area contributed by atoms with E-state index in [1.807, 2.05) is 44.2 Å². The van der Waals surface area contributed by atoms with Crippen LogP contribution >= 0.6 is 0 Å². The molecule has 0 bridgehead atoms. The molecule has 154 valence electrons. The molecule has 0 saturated carbocycles. The molecule has 6 heteroatoms. The van der Waals surface area contributed by atoms with Crippen molar-refractivity contribution in [2.24, 2.45) is 0 Å². The van der Waals surface area contributed by atoms with Gasteiger partial charge < -0.3 is 14.9 Å². The van der Waals surface area contributed by atoms with Gasteiger partial charge in [0.2, 0.25) is 5.91 Å². The summed E-state index contributed by atoms with van der Waals surface area (Å²) < 4.78 is 13.6. The Morgan fingerprint density at radius 2 is 1.79 bits per heavy atom. The summed E-state index contributed by atoms with van der Waals surface area (Å²) in [6.45, 7) is 5.44. The molecule has 0 aromatic heterocycles. The van der Waals surface area contributed by atoms with Gasteiger partial charge in [0, 0.05) is 31.0 Å². The van der Waals surface area contributed by atoms with Gasteiger partial charge in [-0.2, -0.15) is 0 Å². The standard InChI is InChI=1S/C23H27FN2O3/c1-15(2)25(23(29)18-10-7-11-19(24)12-18)13-20-22(17-8-5-4-6-9-17)21(14-27)26(20)16(3)28/h4-12,15,20-22,27H,13-14H2,1-3H3/t20-,21+,22+/m1/s1. The van der Waals surface area contributed by atoms with E-state index in [9.17, 15) is 19.1 Å². The third kappa shape index (κ3) is 4.17. The Morgan fingerprint density at radius 3 is 2.34 bits per heavy atom. The van der Waals surface area contributed by atoms with Crippen LogP contribution in [0.5, 0.6) is 0 Å². The molecule has 0 unspecified atom stereocenters. The first kappa shape index (κ1) is 21.0. The lowest BCUT2D eigenvalue weighted by atomic mass is 9.74. The lowest BCUT2D eigenvalue weighted by Crippen LogP contribution is -2.68. The Labute approximate surface area is 170 Å². The van der Waals surface area contributed by atoms with Gasteiger partial charge in [-0.15, -0.1) is 0 Å². The van der Waals surface area contributed by atoms with Crippen molar-refractivity contribution < 1.29 is 19.1 Å². The molecule has 0 radical (unpaired) electrons. The number of hydrogen-bond acceptors (Lipinski definition) is 3. The Balaban J connectivity index is 1.91. The van der Waals surface area contributed by atoms with Crippen LogP contribution in [0.3, 0.4) is 0 Å². The summed E-state index contributed by atoms with van der Waals surface area (Å²) in [6.07, 6.45) is 0. The molecule has 1 saturated heterocycles. The SMILES string of the molecule is CC(=O)N1[C@H](CN(C(=O)c2cccc(F)c2)C(C)C)[C@H](c2ccccc2)[C@@H]1CO. The van der Waals surface area contributed by atoms with Gasteiger partial charge in [-0.1, -0.05) is 36.4 Å². The van der Waals surface area contributed by atoms with E-state index in [2.05, 4.69) is 0 Å². The van der Waals surface area contributed by atoms with Crippen LogP contribution in [-0.4, -0.2) is 58.0 Å². The quantitative estimate of drug-likeness (QED) is 0.814. The smallest absolute Gasteiger partial charge is 0.254 e. The Morgan fingerprint density at radius 1 is 1.10 bits per heavy atom. The van der Waals surface area contributed by atoms with Gasteiger partial charge in [0.1, 0.15) is 5.82 Å². The second-order valence-corrected chi connectivity index (χ2v) is 7.74. The van der Waals surface area contributed by atoms with Crippen LogP contribution in [-0.2, 0) is 4.79 Å². The first-order valence-electron chi connectivity index (χ1n) is 9.86. The summed E-state index contributed by atoms with van der Waals surface area (Å²) >= 11 is 0. The van der Waals surface area contributed by atoms with E-state index in [0.717, 1.165) is 5.56 Å². The van der Waals surface area contributed by atoms with E-state index in [1.54, 1.807) is 15.9 Å². The topological polar surface area (TPSA) is 60.9 Å². The number of amides is 2. The molecule has 3 atom stereocenters. The molecule has 29 heavy (non-hydrogen) atoms. The van der Waals surface area contributed by atoms with Crippen LogP contribution < -0.4 is 0 Å². The molecule has 2 aromatic rings. The van der Waals surface area contributed by atoms with Crippen molar-refractivity contribution in [1.82, 2.24) is 9.80 Å². The number of carbonyl (C=O) groups excluding carboxylic acids is 2. The highest BCUT2D eigenvalue weighted by atomic mass is 19.1. The number of carbonyl (C=O) groups is 2. The zero-order valence-corrected chi connectivity index (χ0v) is 17.0. The van der Waals surface area contributed by atoms with Gasteiger partial charge in [-0.05, 0) is 37.6 Å². The fourth-order valence-corrected chi connectivity index (χ4v) is 4.25. The van der Waals surface area contributed by atoms with E-state index in [1.165, 1.54) is 25.1 Å². The summed E-state index contributed by atoms with van der Waals surface area (Å²) in [5, 5.41) is 9.90. The highest BCUT2D eigenvalue weighted by Crippen LogP contribution is 2.41. The summed E-state index contributed by atoms with van der Waals surface area (Å²) in [6, 6.07) is 14.7. The van der Waals surface area contributed by atoms with Crippen LogP contribution in [0.2, 0.25) is 0 Å². The second kappa shape index (κ2) is 8.74. The summed E-state index contributed by atoms with van der Waals surface area (Å²) in [4.78, 5) is 28.7. The number of halogens is 1. The molecule has 1 heterocycles. The summed E-state index contributed by atoms with van der Waals surface area (Å²) in [5.41, 5.74) is 1.30. The maximum Gasteiger partial charge on any atom is 0.254 e. The highest BCUT2D eigenvalue weighted by molar-refractivity contribution is 5.94. The van der Waals surface area contributed by atoms with E-state index < -0.39 is 5.82 Å². The Hall–Kier alpha value is -2.73. The maximum atomic E-state index is 13.6. The number of aliphatic hydroxyl groups is 1. The van der Waals surface area contributed by atoms with E-state index in [-0.39, 0.29) is 48.0 Å². The molecule has 1 fully saturated rings. The number of rotatable bonds is 6. The predicted octanol–water partition coefficient (Wildman–Crippen LogP) is 3.05. The van der Waals surface area contributed by atoms with Crippen molar-refractivity contribution in [2.45, 2.75) is 44.8 Å². The molecule has 2 amide bonds. The van der Waals surface area contributed by atoms with Gasteiger partial charge in [-0.25, -0.2) is 4.39 Å². The highest BCUT2D eigenvalue weighted by Gasteiger charge is 2.51. The molecule has 5 nitrogen and oxygen atoms in total. The minimum atomic E-state index is -0.462. The van der Waals surface area contributed by atoms with Gasteiger partial charge >= 0.3 is 0 Å². The van der Waals surface area contributed by atoms with E-state index >= 15 is 0 Å². The minimum absolute atomic E-state index is 0.0772. The predicted molar refractivity (Wildman–Crippen MR) is 109 cm³/mol. The van der Waals surface area contributed by atoms with E-state index in [4.69, 9.17) is 0 Å². The van der Waals surface area contributed by atoms with Crippen molar-refractivity contribution in [3.8, 4) is 0 Å². The molecule has 1 aliphatic rings. The molecular weight excluding hydrogens is 371 g/mol. The van der Waals surface area contributed by atoms with Gasteiger partial charge in [-0.3, -0.25) is 9.59 Å². The van der Waals surface area contributed by atoms with Crippen molar-refractivity contribution in [2.75, 3.05) is 13.2 Å². The molecule has 0 spiro atoms. The fraction of sp³-hybridized carbons (Fsp3) is 0.391.